The highest BCUT2D eigenvalue weighted by Crippen LogP contribution is 2.12. The van der Waals surface area contributed by atoms with Gasteiger partial charge in [0.05, 0.1) is 7.11 Å². The molecule has 0 atom stereocenters. The Bertz CT molecular complexity index is 715. The number of ketones is 1. The van der Waals surface area contributed by atoms with Crippen molar-refractivity contribution in [1.29, 1.82) is 5.26 Å². The van der Waals surface area contributed by atoms with Crippen molar-refractivity contribution in [2.75, 3.05) is 20.3 Å². The van der Waals surface area contributed by atoms with Gasteiger partial charge >= 0.3 is 5.97 Å². The highest BCUT2D eigenvalue weighted by atomic mass is 16.5. The molecule has 0 aromatic heterocycles. The van der Waals surface area contributed by atoms with Crippen LogP contribution in [0.2, 0.25) is 0 Å². The molecule has 1 rings (SSSR count). The summed E-state index contributed by atoms with van der Waals surface area (Å²) in [4.78, 5) is 35.0. The van der Waals surface area contributed by atoms with Crippen LogP contribution in [0.1, 0.15) is 17.3 Å². The largest absolute Gasteiger partial charge is 0.497 e. The third kappa shape index (κ3) is 5.46. The average molecular weight is 331 g/mol. The van der Waals surface area contributed by atoms with Crippen LogP contribution >= 0.6 is 0 Å². The second-order valence-corrected chi connectivity index (χ2v) is 4.67. The van der Waals surface area contributed by atoms with Crippen LogP contribution in [0.5, 0.6) is 5.75 Å². The normalized spacial score (nSPS) is 10.9. The van der Waals surface area contributed by atoms with Gasteiger partial charge in [-0.25, -0.2) is 0 Å². The number of carbonyl (C=O) groups is 3. The van der Waals surface area contributed by atoms with Crippen molar-refractivity contribution in [2.45, 2.75) is 6.92 Å². The van der Waals surface area contributed by atoms with E-state index in [9.17, 15) is 14.4 Å². The van der Waals surface area contributed by atoms with Crippen LogP contribution in [-0.2, 0) is 14.3 Å². The van der Waals surface area contributed by atoms with Crippen LogP contribution in [0.4, 0.5) is 0 Å². The molecule has 0 fully saturated rings. The molecular weight excluding hydrogens is 314 g/mol. The molecule has 0 unspecified atom stereocenters. The van der Waals surface area contributed by atoms with E-state index in [0.29, 0.717) is 11.3 Å². The molecule has 8 nitrogen and oxygen atoms in total. The molecule has 8 heteroatoms. The van der Waals surface area contributed by atoms with Crippen LogP contribution < -0.4 is 15.8 Å². The summed E-state index contributed by atoms with van der Waals surface area (Å²) in [6.07, 6.45) is 0. The fraction of sp³-hybridized carbons (Fsp3) is 0.250. The summed E-state index contributed by atoms with van der Waals surface area (Å²) in [5, 5.41) is 11.1. The maximum absolute atomic E-state index is 11.9. The van der Waals surface area contributed by atoms with E-state index in [-0.39, 0.29) is 11.3 Å². The van der Waals surface area contributed by atoms with Gasteiger partial charge in [-0.3, -0.25) is 14.4 Å². The lowest BCUT2D eigenvalue weighted by molar-refractivity contribution is -0.145. The van der Waals surface area contributed by atoms with Crippen molar-refractivity contribution in [3.63, 3.8) is 0 Å². The molecule has 24 heavy (non-hydrogen) atoms. The lowest BCUT2D eigenvalue weighted by Gasteiger charge is -2.07. The van der Waals surface area contributed by atoms with Gasteiger partial charge in [-0.1, -0.05) is 6.07 Å². The van der Waals surface area contributed by atoms with E-state index in [1.807, 2.05) is 0 Å². The van der Waals surface area contributed by atoms with Crippen molar-refractivity contribution in [3.05, 3.63) is 41.1 Å². The zero-order valence-electron chi connectivity index (χ0n) is 13.3. The number of benzene rings is 1. The Morgan fingerprint density at radius 2 is 2.04 bits per heavy atom. The summed E-state index contributed by atoms with van der Waals surface area (Å²) >= 11 is 0. The number of rotatable bonds is 7. The molecule has 0 heterocycles. The predicted molar refractivity (Wildman–Crippen MR) is 83.8 cm³/mol. The molecule has 0 radical (unpaired) electrons. The number of methoxy groups -OCH3 is 1. The first-order valence-corrected chi connectivity index (χ1v) is 6.86. The molecule has 0 bridgehead atoms. The van der Waals surface area contributed by atoms with Gasteiger partial charge in [0, 0.05) is 11.3 Å². The van der Waals surface area contributed by atoms with Gasteiger partial charge in [0.15, 0.2) is 6.61 Å². The summed E-state index contributed by atoms with van der Waals surface area (Å²) in [5.74, 6) is -1.51. The lowest BCUT2D eigenvalue weighted by atomic mass is 10.1. The number of hydrogen-bond donors (Lipinski definition) is 2. The van der Waals surface area contributed by atoms with E-state index in [0.717, 1.165) is 0 Å². The van der Waals surface area contributed by atoms with Gasteiger partial charge in [0.1, 0.15) is 23.9 Å². The first-order valence-electron chi connectivity index (χ1n) is 6.86. The number of amides is 1. The Balaban J connectivity index is 2.49. The minimum absolute atomic E-state index is 0.0462. The van der Waals surface area contributed by atoms with Crippen molar-refractivity contribution in [2.24, 2.45) is 5.73 Å². The number of ether oxygens (including phenoxy) is 2. The Morgan fingerprint density at radius 1 is 1.33 bits per heavy atom. The molecule has 0 aliphatic rings. The number of nitrogens with one attached hydrogen (secondary N) is 1. The summed E-state index contributed by atoms with van der Waals surface area (Å²) < 4.78 is 9.70. The SMILES string of the molecule is COc1cccc(C(=O)NCC(=O)OCC(=O)/C(C#N)=C(/C)N)c1. The first-order chi connectivity index (χ1) is 11.4. The number of nitrogens with zero attached hydrogens (tertiary/aromatic N) is 1. The molecule has 1 aromatic carbocycles. The van der Waals surface area contributed by atoms with Crippen LogP contribution in [0.3, 0.4) is 0 Å². The highest BCUT2D eigenvalue weighted by molar-refractivity contribution is 6.01. The molecule has 126 valence electrons. The maximum atomic E-state index is 11.9. The highest BCUT2D eigenvalue weighted by Gasteiger charge is 2.15. The molecular formula is C16H17N3O5. The van der Waals surface area contributed by atoms with E-state index >= 15 is 0 Å². The number of nitriles is 1. The van der Waals surface area contributed by atoms with E-state index < -0.39 is 30.8 Å². The second-order valence-electron chi connectivity index (χ2n) is 4.67. The van der Waals surface area contributed by atoms with Crippen molar-refractivity contribution in [1.82, 2.24) is 5.32 Å². The second kappa shape index (κ2) is 8.95. The van der Waals surface area contributed by atoms with Crippen LogP contribution in [-0.4, -0.2) is 37.9 Å². The van der Waals surface area contributed by atoms with E-state index in [4.69, 9.17) is 20.5 Å². The third-order valence-corrected chi connectivity index (χ3v) is 2.87. The Labute approximate surface area is 138 Å². The van der Waals surface area contributed by atoms with Crippen LogP contribution in [0.15, 0.2) is 35.5 Å². The first kappa shape index (κ1) is 18.7. The number of esters is 1. The van der Waals surface area contributed by atoms with E-state index in [2.05, 4.69) is 5.32 Å². The Kier molecular flexibility index (Phi) is 6.97. The van der Waals surface area contributed by atoms with Gasteiger partial charge in [-0.2, -0.15) is 5.26 Å². The summed E-state index contributed by atoms with van der Waals surface area (Å²) in [7, 11) is 1.47. The molecule has 1 aromatic rings. The fourth-order valence-corrected chi connectivity index (χ4v) is 1.66. The summed E-state index contributed by atoms with van der Waals surface area (Å²) in [6, 6.07) is 8.02. The quantitative estimate of drug-likeness (QED) is 0.417. The molecule has 0 aliphatic heterocycles. The van der Waals surface area contributed by atoms with Crippen molar-refractivity contribution < 1.29 is 23.9 Å². The summed E-state index contributed by atoms with van der Waals surface area (Å²) in [6.45, 7) is 0.356. The van der Waals surface area contributed by atoms with Crippen molar-refractivity contribution in [3.8, 4) is 11.8 Å². The number of allylic oxidation sites excluding steroid dienone is 1. The maximum Gasteiger partial charge on any atom is 0.325 e. The van der Waals surface area contributed by atoms with Crippen LogP contribution in [0, 0.1) is 11.3 Å². The number of Topliss-reactive ketones (excluding diaryl/α,β-unsaturated/α-hetero) is 1. The molecule has 0 saturated heterocycles. The standard InChI is InChI=1S/C16H17N3O5/c1-10(18)13(7-17)14(20)9-24-15(21)8-19-16(22)11-4-3-5-12(6-11)23-2/h3-6H,8-9,18H2,1-2H3,(H,19,22)/b13-10-. The number of carbonyl (C=O) groups excluding carboxylic acids is 3. The van der Waals surface area contributed by atoms with Crippen molar-refractivity contribution >= 4 is 17.7 Å². The average Bonchev–Trinajstić information content (AvgIpc) is 2.58. The lowest BCUT2D eigenvalue weighted by Crippen LogP contribution is -2.31. The van der Waals surface area contributed by atoms with Crippen LogP contribution in [0.25, 0.3) is 0 Å². The molecule has 3 N–H and O–H groups in total. The number of nitrogens with two attached hydrogens (primary N) is 1. The Morgan fingerprint density at radius 3 is 2.62 bits per heavy atom. The minimum atomic E-state index is -0.813. The monoisotopic (exact) mass is 331 g/mol. The van der Waals surface area contributed by atoms with Gasteiger partial charge in [-0.05, 0) is 25.1 Å². The summed E-state index contributed by atoms with van der Waals surface area (Å²) in [5.41, 5.74) is 5.47. The van der Waals surface area contributed by atoms with E-state index in [1.54, 1.807) is 24.3 Å². The Hall–Kier alpha value is -3.34. The zero-order valence-corrected chi connectivity index (χ0v) is 13.3. The fourth-order valence-electron chi connectivity index (χ4n) is 1.66. The molecule has 1 amide bonds. The smallest absolute Gasteiger partial charge is 0.325 e. The molecule has 0 spiro atoms. The van der Waals surface area contributed by atoms with Gasteiger partial charge < -0.3 is 20.5 Å². The zero-order chi connectivity index (χ0) is 18.1. The predicted octanol–water partition coefficient (Wildman–Crippen LogP) is 0.294. The van der Waals surface area contributed by atoms with Gasteiger partial charge in [-0.15, -0.1) is 0 Å². The van der Waals surface area contributed by atoms with E-state index in [1.165, 1.54) is 20.1 Å². The number of hydrogen-bond acceptors (Lipinski definition) is 7. The minimum Gasteiger partial charge on any atom is -0.497 e. The van der Waals surface area contributed by atoms with Gasteiger partial charge in [0.2, 0.25) is 5.78 Å². The molecule has 0 saturated carbocycles. The third-order valence-electron chi connectivity index (χ3n) is 2.87. The molecule has 0 aliphatic carbocycles. The topological polar surface area (TPSA) is 132 Å². The van der Waals surface area contributed by atoms with Gasteiger partial charge in [0.25, 0.3) is 5.91 Å².